The van der Waals surface area contributed by atoms with Crippen LogP contribution in [0.2, 0.25) is 0 Å². The highest BCUT2D eigenvalue weighted by molar-refractivity contribution is 7.84. The van der Waals surface area contributed by atoms with Gasteiger partial charge in [-0.05, 0) is 13.3 Å². The standard InChI is InChI=1S/C8H18N2O2S/c1-4-10(2)8(11)9-6-5-7-13(3)12/h4-7H2,1-3H3,(H,9,11). The van der Waals surface area contributed by atoms with Crippen LogP contribution in [0.4, 0.5) is 4.79 Å². The number of carbonyl (C=O) groups excluding carboxylic acids is 1. The Kier molecular flexibility index (Phi) is 6.58. The minimum Gasteiger partial charge on any atom is -0.338 e. The predicted octanol–water partition coefficient (Wildman–Crippen LogP) is 0.416. The van der Waals surface area contributed by atoms with E-state index in [1.165, 1.54) is 0 Å². The maximum absolute atomic E-state index is 11.2. The van der Waals surface area contributed by atoms with Crippen molar-refractivity contribution in [1.29, 1.82) is 0 Å². The van der Waals surface area contributed by atoms with Gasteiger partial charge in [-0.3, -0.25) is 4.21 Å². The average molecular weight is 206 g/mol. The van der Waals surface area contributed by atoms with Gasteiger partial charge in [0.05, 0.1) is 0 Å². The van der Waals surface area contributed by atoms with E-state index in [4.69, 9.17) is 0 Å². The molecule has 0 heterocycles. The van der Waals surface area contributed by atoms with E-state index < -0.39 is 10.8 Å². The van der Waals surface area contributed by atoms with Crippen molar-refractivity contribution in [2.45, 2.75) is 13.3 Å². The van der Waals surface area contributed by atoms with E-state index in [1.807, 2.05) is 6.92 Å². The molecule has 13 heavy (non-hydrogen) atoms. The van der Waals surface area contributed by atoms with Crippen LogP contribution in [0.5, 0.6) is 0 Å². The first kappa shape index (κ1) is 12.4. The smallest absolute Gasteiger partial charge is 0.317 e. The largest absolute Gasteiger partial charge is 0.338 e. The van der Waals surface area contributed by atoms with Crippen molar-refractivity contribution in [3.63, 3.8) is 0 Å². The zero-order valence-electron chi connectivity index (χ0n) is 8.50. The Morgan fingerprint density at radius 2 is 2.15 bits per heavy atom. The van der Waals surface area contributed by atoms with Crippen molar-refractivity contribution >= 4 is 16.8 Å². The Morgan fingerprint density at radius 1 is 1.54 bits per heavy atom. The molecule has 1 N–H and O–H groups in total. The normalized spacial score (nSPS) is 12.2. The number of urea groups is 1. The van der Waals surface area contributed by atoms with E-state index in [0.717, 1.165) is 6.42 Å². The Labute approximate surface area is 82.1 Å². The second kappa shape index (κ2) is 6.88. The van der Waals surface area contributed by atoms with Gasteiger partial charge in [0.1, 0.15) is 0 Å². The summed E-state index contributed by atoms with van der Waals surface area (Å²) in [4.78, 5) is 12.8. The number of hydrogen-bond donors (Lipinski definition) is 1. The van der Waals surface area contributed by atoms with E-state index in [9.17, 15) is 9.00 Å². The van der Waals surface area contributed by atoms with Gasteiger partial charge in [-0.1, -0.05) is 0 Å². The van der Waals surface area contributed by atoms with Gasteiger partial charge in [0.25, 0.3) is 0 Å². The molecule has 0 aromatic carbocycles. The molecule has 0 aromatic heterocycles. The molecule has 0 rings (SSSR count). The Balaban J connectivity index is 3.42. The zero-order chi connectivity index (χ0) is 10.3. The molecule has 4 nitrogen and oxygen atoms in total. The van der Waals surface area contributed by atoms with Crippen LogP contribution in [0.15, 0.2) is 0 Å². The first-order valence-electron chi connectivity index (χ1n) is 4.37. The lowest BCUT2D eigenvalue weighted by molar-refractivity contribution is 0.211. The second-order valence-electron chi connectivity index (χ2n) is 2.88. The number of nitrogens with one attached hydrogen (secondary N) is 1. The number of rotatable bonds is 5. The Bertz CT molecular complexity index is 185. The summed E-state index contributed by atoms with van der Waals surface area (Å²) in [6, 6.07) is -0.0654. The topological polar surface area (TPSA) is 49.4 Å². The highest BCUT2D eigenvalue weighted by Crippen LogP contribution is 1.85. The van der Waals surface area contributed by atoms with E-state index in [-0.39, 0.29) is 6.03 Å². The van der Waals surface area contributed by atoms with Gasteiger partial charge >= 0.3 is 6.03 Å². The molecular weight excluding hydrogens is 188 g/mol. The summed E-state index contributed by atoms with van der Waals surface area (Å²) in [5, 5.41) is 2.74. The molecule has 78 valence electrons. The van der Waals surface area contributed by atoms with Crippen LogP contribution < -0.4 is 5.32 Å². The summed E-state index contributed by atoms with van der Waals surface area (Å²) < 4.78 is 10.7. The summed E-state index contributed by atoms with van der Waals surface area (Å²) in [6.07, 6.45) is 2.44. The first-order valence-corrected chi connectivity index (χ1v) is 6.09. The van der Waals surface area contributed by atoms with Crippen molar-refractivity contribution in [2.24, 2.45) is 0 Å². The fourth-order valence-corrected chi connectivity index (χ4v) is 1.30. The third-order valence-corrected chi connectivity index (χ3v) is 2.57. The van der Waals surface area contributed by atoms with Crippen molar-refractivity contribution in [3.8, 4) is 0 Å². The number of hydrogen-bond acceptors (Lipinski definition) is 2. The predicted molar refractivity (Wildman–Crippen MR) is 55.3 cm³/mol. The van der Waals surface area contributed by atoms with Gasteiger partial charge in [-0.2, -0.15) is 0 Å². The fraction of sp³-hybridized carbons (Fsp3) is 0.875. The molecule has 0 spiro atoms. The van der Waals surface area contributed by atoms with Crippen LogP contribution in [0.3, 0.4) is 0 Å². The van der Waals surface area contributed by atoms with E-state index in [0.29, 0.717) is 18.8 Å². The monoisotopic (exact) mass is 206 g/mol. The van der Waals surface area contributed by atoms with Crippen molar-refractivity contribution in [2.75, 3.05) is 32.1 Å². The highest BCUT2D eigenvalue weighted by atomic mass is 32.2. The minimum absolute atomic E-state index is 0.0654. The quantitative estimate of drug-likeness (QED) is 0.663. The molecule has 0 aliphatic carbocycles. The average Bonchev–Trinajstić information content (AvgIpc) is 2.10. The summed E-state index contributed by atoms with van der Waals surface area (Å²) in [6.45, 7) is 3.22. The van der Waals surface area contributed by atoms with Crippen LogP contribution in [-0.4, -0.2) is 47.3 Å². The third-order valence-electron chi connectivity index (χ3n) is 1.71. The lowest BCUT2D eigenvalue weighted by atomic mass is 10.5. The van der Waals surface area contributed by atoms with Gasteiger partial charge in [0.2, 0.25) is 0 Å². The molecule has 0 aliphatic heterocycles. The van der Waals surface area contributed by atoms with Crippen LogP contribution in [0.25, 0.3) is 0 Å². The van der Waals surface area contributed by atoms with Gasteiger partial charge in [-0.15, -0.1) is 0 Å². The van der Waals surface area contributed by atoms with Gasteiger partial charge in [0.15, 0.2) is 0 Å². The van der Waals surface area contributed by atoms with Crippen molar-refractivity contribution in [1.82, 2.24) is 10.2 Å². The van der Waals surface area contributed by atoms with Crippen molar-refractivity contribution in [3.05, 3.63) is 0 Å². The van der Waals surface area contributed by atoms with Crippen LogP contribution >= 0.6 is 0 Å². The summed E-state index contributed by atoms with van der Waals surface area (Å²) in [5.41, 5.74) is 0. The lowest BCUT2D eigenvalue weighted by Gasteiger charge is -2.14. The second-order valence-corrected chi connectivity index (χ2v) is 4.43. The van der Waals surface area contributed by atoms with Gasteiger partial charge in [-0.25, -0.2) is 4.79 Å². The molecule has 0 radical (unpaired) electrons. The molecule has 1 atom stereocenters. The Morgan fingerprint density at radius 3 is 2.62 bits per heavy atom. The SMILES string of the molecule is CCN(C)C(=O)NCCCS(C)=O. The molecule has 1 unspecified atom stereocenters. The van der Waals surface area contributed by atoms with E-state index in [2.05, 4.69) is 5.32 Å². The minimum atomic E-state index is -0.758. The number of amides is 2. The number of carbonyl (C=O) groups is 1. The maximum Gasteiger partial charge on any atom is 0.317 e. The first-order chi connectivity index (χ1) is 6.07. The van der Waals surface area contributed by atoms with Crippen LogP contribution in [-0.2, 0) is 10.8 Å². The molecule has 0 bridgehead atoms. The molecular formula is C8H18N2O2S. The number of nitrogens with zero attached hydrogens (tertiary/aromatic N) is 1. The van der Waals surface area contributed by atoms with Crippen molar-refractivity contribution < 1.29 is 9.00 Å². The molecule has 0 saturated carbocycles. The Hall–Kier alpha value is -0.580. The molecule has 0 aromatic rings. The van der Waals surface area contributed by atoms with Gasteiger partial charge in [0, 0.05) is 42.9 Å². The highest BCUT2D eigenvalue weighted by Gasteiger charge is 2.03. The lowest BCUT2D eigenvalue weighted by Crippen LogP contribution is -2.37. The summed E-state index contributed by atoms with van der Waals surface area (Å²) in [7, 11) is 0.986. The maximum atomic E-state index is 11.2. The zero-order valence-corrected chi connectivity index (χ0v) is 9.32. The molecule has 0 saturated heterocycles. The molecule has 0 fully saturated rings. The van der Waals surface area contributed by atoms with Gasteiger partial charge < -0.3 is 10.2 Å². The van der Waals surface area contributed by atoms with Crippen LogP contribution in [0, 0.1) is 0 Å². The molecule has 0 aliphatic rings. The van der Waals surface area contributed by atoms with Crippen LogP contribution in [0.1, 0.15) is 13.3 Å². The van der Waals surface area contributed by atoms with E-state index in [1.54, 1.807) is 18.2 Å². The molecule has 2 amide bonds. The van der Waals surface area contributed by atoms with E-state index >= 15 is 0 Å². The summed E-state index contributed by atoms with van der Waals surface area (Å²) in [5.74, 6) is 0.649. The third kappa shape index (κ3) is 6.57. The molecule has 5 heteroatoms. The fourth-order valence-electron chi connectivity index (χ4n) is 0.749. The summed E-state index contributed by atoms with van der Waals surface area (Å²) >= 11 is 0.